The summed E-state index contributed by atoms with van der Waals surface area (Å²) in [5.74, 6) is 0.774. The molecule has 0 aromatic carbocycles. The zero-order valence-corrected chi connectivity index (χ0v) is 9.28. The number of hydrogen-bond donors (Lipinski definition) is 1. The fourth-order valence-corrected chi connectivity index (χ4v) is 2.38. The lowest BCUT2D eigenvalue weighted by Crippen LogP contribution is -2.02. The largest absolute Gasteiger partial charge is 0.462 e. The maximum Gasteiger partial charge on any atom is 0.212 e. The Bertz CT molecular complexity index is 564. The Morgan fingerprint density at radius 3 is 3.12 bits per heavy atom. The average molecular weight is 234 g/mol. The summed E-state index contributed by atoms with van der Waals surface area (Å²) in [7, 11) is 0. The molecule has 3 aromatic rings. The average Bonchev–Trinajstić information content (AvgIpc) is 2.89. The Kier molecular flexibility index (Phi) is 2.23. The molecule has 6 heteroatoms. The van der Waals surface area contributed by atoms with E-state index < -0.39 is 0 Å². The van der Waals surface area contributed by atoms with Gasteiger partial charge in [-0.1, -0.05) is 11.3 Å². The van der Waals surface area contributed by atoms with Crippen LogP contribution < -0.4 is 5.73 Å². The number of furan rings is 1. The van der Waals surface area contributed by atoms with Crippen LogP contribution in [0, 0.1) is 0 Å². The monoisotopic (exact) mass is 234 g/mol. The Morgan fingerprint density at radius 1 is 1.50 bits per heavy atom. The highest BCUT2D eigenvalue weighted by molar-refractivity contribution is 7.19. The summed E-state index contributed by atoms with van der Waals surface area (Å²) in [5, 5.41) is 5.24. The Balaban J connectivity index is 2.02. The second-order valence-corrected chi connectivity index (χ2v) is 4.34. The van der Waals surface area contributed by atoms with E-state index in [9.17, 15) is 0 Å². The van der Waals surface area contributed by atoms with Crippen LogP contribution in [0.15, 0.2) is 29.0 Å². The molecule has 0 unspecified atom stereocenters. The molecule has 16 heavy (non-hydrogen) atoms. The molecule has 0 aliphatic heterocycles. The predicted octanol–water partition coefficient (Wildman–Crippen LogP) is 1.55. The van der Waals surface area contributed by atoms with Gasteiger partial charge in [0.25, 0.3) is 0 Å². The van der Waals surface area contributed by atoms with Gasteiger partial charge in [0, 0.05) is 6.42 Å². The van der Waals surface area contributed by atoms with Gasteiger partial charge in [0.1, 0.15) is 0 Å². The van der Waals surface area contributed by atoms with Crippen LogP contribution in [0.4, 0.5) is 0 Å². The molecule has 0 aliphatic rings. The molecular weight excluding hydrogens is 224 g/mol. The molecular formula is C10H10N4OS. The lowest BCUT2D eigenvalue weighted by Gasteiger charge is -1.88. The quantitative estimate of drug-likeness (QED) is 0.746. The zero-order valence-electron chi connectivity index (χ0n) is 8.46. The number of rotatable bonds is 3. The second-order valence-electron chi connectivity index (χ2n) is 3.38. The highest BCUT2D eigenvalue weighted by atomic mass is 32.1. The van der Waals surface area contributed by atoms with Crippen LogP contribution in [0.5, 0.6) is 0 Å². The van der Waals surface area contributed by atoms with E-state index in [1.165, 1.54) is 11.3 Å². The van der Waals surface area contributed by atoms with Crippen LogP contribution in [0.1, 0.15) is 5.69 Å². The molecule has 0 fully saturated rings. The number of nitrogens with two attached hydrogens (primary N) is 1. The van der Waals surface area contributed by atoms with Crippen molar-refractivity contribution in [3.63, 3.8) is 0 Å². The molecule has 3 heterocycles. The van der Waals surface area contributed by atoms with Crippen molar-refractivity contribution in [3.8, 4) is 10.8 Å². The minimum atomic E-state index is 0.607. The Morgan fingerprint density at radius 2 is 2.44 bits per heavy atom. The summed E-state index contributed by atoms with van der Waals surface area (Å²) < 4.78 is 7.05. The molecule has 2 N–H and O–H groups in total. The van der Waals surface area contributed by atoms with Crippen molar-refractivity contribution < 1.29 is 4.42 Å². The topological polar surface area (TPSA) is 69.3 Å². The minimum Gasteiger partial charge on any atom is -0.462 e. The fourth-order valence-electron chi connectivity index (χ4n) is 1.51. The van der Waals surface area contributed by atoms with Crippen molar-refractivity contribution in [1.82, 2.24) is 14.6 Å². The van der Waals surface area contributed by atoms with Crippen LogP contribution in [0.25, 0.3) is 15.7 Å². The van der Waals surface area contributed by atoms with Crippen LogP contribution in [-0.2, 0) is 6.42 Å². The van der Waals surface area contributed by atoms with Crippen molar-refractivity contribution in [2.75, 3.05) is 6.54 Å². The van der Waals surface area contributed by atoms with Crippen LogP contribution in [0.2, 0.25) is 0 Å². The molecule has 0 radical (unpaired) electrons. The third-order valence-electron chi connectivity index (χ3n) is 2.23. The third kappa shape index (κ3) is 1.52. The molecule has 0 spiro atoms. The highest BCUT2D eigenvalue weighted by Crippen LogP contribution is 2.25. The standard InChI is InChI=1S/C10H10N4OS/c11-4-3-7-6-14-10(12-7)16-9(13-14)8-2-1-5-15-8/h1-2,5-6H,3-4,11H2. The molecule has 0 aliphatic carbocycles. The summed E-state index contributed by atoms with van der Waals surface area (Å²) in [5.41, 5.74) is 6.46. The molecule has 3 aromatic heterocycles. The van der Waals surface area contributed by atoms with Crippen molar-refractivity contribution in [2.45, 2.75) is 6.42 Å². The van der Waals surface area contributed by atoms with E-state index in [0.717, 1.165) is 27.8 Å². The predicted molar refractivity (Wildman–Crippen MR) is 61.3 cm³/mol. The van der Waals surface area contributed by atoms with Gasteiger partial charge < -0.3 is 10.2 Å². The first-order valence-corrected chi connectivity index (χ1v) is 5.77. The summed E-state index contributed by atoms with van der Waals surface area (Å²) in [6.45, 7) is 0.607. The van der Waals surface area contributed by atoms with E-state index in [1.807, 2.05) is 18.3 Å². The molecule has 0 saturated heterocycles. The number of fused-ring (bicyclic) bond motifs is 1. The summed E-state index contributed by atoms with van der Waals surface area (Å²) in [6.07, 6.45) is 4.33. The SMILES string of the molecule is NCCc1cn2nc(-c3ccco3)sc2n1. The van der Waals surface area contributed by atoms with E-state index in [2.05, 4.69) is 10.1 Å². The van der Waals surface area contributed by atoms with E-state index in [4.69, 9.17) is 10.2 Å². The van der Waals surface area contributed by atoms with Crippen LogP contribution in [-0.4, -0.2) is 21.1 Å². The number of nitrogens with zero attached hydrogens (tertiary/aromatic N) is 3. The van der Waals surface area contributed by atoms with Gasteiger partial charge in [0.15, 0.2) is 10.8 Å². The van der Waals surface area contributed by atoms with E-state index in [-0.39, 0.29) is 0 Å². The van der Waals surface area contributed by atoms with Gasteiger partial charge >= 0.3 is 0 Å². The first-order chi connectivity index (χ1) is 7.86. The van der Waals surface area contributed by atoms with Crippen molar-refractivity contribution in [2.24, 2.45) is 5.73 Å². The van der Waals surface area contributed by atoms with Gasteiger partial charge in [0.05, 0.1) is 18.2 Å². The molecule has 82 valence electrons. The lowest BCUT2D eigenvalue weighted by molar-refractivity contribution is 0.580. The van der Waals surface area contributed by atoms with Gasteiger partial charge in [-0.05, 0) is 18.7 Å². The summed E-state index contributed by atoms with van der Waals surface area (Å²) in [4.78, 5) is 5.30. The minimum absolute atomic E-state index is 0.607. The second kappa shape index (κ2) is 3.73. The molecule has 0 atom stereocenters. The smallest absolute Gasteiger partial charge is 0.212 e. The molecule has 0 saturated carbocycles. The summed E-state index contributed by atoms with van der Waals surface area (Å²) >= 11 is 1.51. The summed E-state index contributed by atoms with van der Waals surface area (Å²) in [6, 6.07) is 3.73. The van der Waals surface area contributed by atoms with Crippen molar-refractivity contribution in [1.29, 1.82) is 0 Å². The molecule has 0 bridgehead atoms. The third-order valence-corrected chi connectivity index (χ3v) is 3.16. The maximum atomic E-state index is 5.48. The van der Waals surface area contributed by atoms with Gasteiger partial charge in [0.2, 0.25) is 4.96 Å². The Labute approximate surface area is 95.5 Å². The number of imidazole rings is 1. The van der Waals surface area contributed by atoms with Gasteiger partial charge in [-0.2, -0.15) is 5.10 Å². The molecule has 3 rings (SSSR count). The number of aromatic nitrogens is 3. The molecule has 0 amide bonds. The van der Waals surface area contributed by atoms with Crippen molar-refractivity contribution in [3.05, 3.63) is 30.3 Å². The normalized spacial score (nSPS) is 11.3. The fraction of sp³-hybridized carbons (Fsp3) is 0.200. The van der Waals surface area contributed by atoms with Crippen LogP contribution >= 0.6 is 11.3 Å². The first kappa shape index (κ1) is 9.56. The van der Waals surface area contributed by atoms with Gasteiger partial charge in [-0.25, -0.2) is 9.50 Å². The molecule has 5 nitrogen and oxygen atoms in total. The lowest BCUT2D eigenvalue weighted by atomic mass is 10.3. The van der Waals surface area contributed by atoms with E-state index in [1.54, 1.807) is 10.8 Å². The number of hydrogen-bond acceptors (Lipinski definition) is 5. The maximum absolute atomic E-state index is 5.48. The van der Waals surface area contributed by atoms with Gasteiger partial charge in [-0.15, -0.1) is 0 Å². The van der Waals surface area contributed by atoms with E-state index >= 15 is 0 Å². The van der Waals surface area contributed by atoms with Gasteiger partial charge in [-0.3, -0.25) is 0 Å². The van der Waals surface area contributed by atoms with Crippen molar-refractivity contribution >= 4 is 16.3 Å². The zero-order chi connectivity index (χ0) is 11.0. The van der Waals surface area contributed by atoms with Crippen LogP contribution in [0.3, 0.4) is 0 Å². The highest BCUT2D eigenvalue weighted by Gasteiger charge is 2.10. The van der Waals surface area contributed by atoms with E-state index in [0.29, 0.717) is 6.54 Å². The first-order valence-electron chi connectivity index (χ1n) is 4.96. The Hall–Kier alpha value is -1.66.